The molecule has 0 radical (unpaired) electrons. The maximum absolute atomic E-state index is 6.56. The lowest BCUT2D eigenvalue weighted by Crippen LogP contribution is -2.39. The predicted molar refractivity (Wildman–Crippen MR) is 78.9 cm³/mol. The van der Waals surface area contributed by atoms with Gasteiger partial charge in [-0.25, -0.2) is 0 Å². The number of rotatable bonds is 4. The lowest BCUT2D eigenvalue weighted by molar-refractivity contribution is 0.381. The second-order valence-electron chi connectivity index (χ2n) is 5.51. The van der Waals surface area contributed by atoms with Crippen LogP contribution in [0.4, 0.5) is 0 Å². The van der Waals surface area contributed by atoms with Crippen LogP contribution in [0.15, 0.2) is 22.7 Å². The highest BCUT2D eigenvalue weighted by Crippen LogP contribution is 2.38. The number of hydrogen-bond donors (Lipinski definition) is 1. The molecule has 0 heterocycles. The monoisotopic (exact) mass is 311 g/mol. The average molecular weight is 312 g/mol. The van der Waals surface area contributed by atoms with Gasteiger partial charge in [0.2, 0.25) is 0 Å². The Labute approximate surface area is 118 Å². The average Bonchev–Trinajstić information content (AvgIpc) is 2.71. The Bertz CT molecular complexity index is 421. The third-order valence-corrected chi connectivity index (χ3v) is 4.60. The van der Waals surface area contributed by atoms with Crippen LogP contribution < -0.4 is 10.5 Å². The molecule has 3 heteroatoms. The van der Waals surface area contributed by atoms with Crippen LogP contribution in [0.1, 0.15) is 38.2 Å². The summed E-state index contributed by atoms with van der Waals surface area (Å²) in [6.07, 6.45) is 5.68. The van der Waals surface area contributed by atoms with Gasteiger partial charge in [0, 0.05) is 10.0 Å². The van der Waals surface area contributed by atoms with Gasteiger partial charge in [0.15, 0.2) is 0 Å². The van der Waals surface area contributed by atoms with E-state index >= 15 is 0 Å². The minimum atomic E-state index is -0.0469. The van der Waals surface area contributed by atoms with Crippen LogP contribution in [0, 0.1) is 5.92 Å². The van der Waals surface area contributed by atoms with Crippen molar-refractivity contribution in [2.75, 3.05) is 7.11 Å². The summed E-state index contributed by atoms with van der Waals surface area (Å²) in [6, 6.07) is 6.15. The predicted octanol–water partition coefficient (Wildman–Crippen LogP) is 3.91. The molecule has 1 aromatic carbocycles. The van der Waals surface area contributed by atoms with E-state index in [1.807, 2.05) is 12.1 Å². The molecule has 18 heavy (non-hydrogen) atoms. The molecule has 2 atom stereocenters. The van der Waals surface area contributed by atoms with Gasteiger partial charge in [-0.2, -0.15) is 0 Å². The molecule has 1 aromatic rings. The molecule has 0 saturated heterocycles. The lowest BCUT2D eigenvalue weighted by Gasteiger charge is -2.25. The zero-order valence-corrected chi connectivity index (χ0v) is 12.8. The smallest absolute Gasteiger partial charge is 0.122 e. The van der Waals surface area contributed by atoms with Crippen LogP contribution in [0.2, 0.25) is 0 Å². The van der Waals surface area contributed by atoms with Crippen molar-refractivity contribution in [3.05, 3.63) is 28.2 Å². The molecule has 1 fully saturated rings. The van der Waals surface area contributed by atoms with E-state index in [0.29, 0.717) is 0 Å². The first-order valence-corrected chi connectivity index (χ1v) is 7.47. The summed E-state index contributed by atoms with van der Waals surface area (Å²) in [6.45, 7) is 2.26. The van der Waals surface area contributed by atoms with E-state index in [9.17, 15) is 0 Å². The van der Waals surface area contributed by atoms with Gasteiger partial charge in [-0.3, -0.25) is 0 Å². The molecular weight excluding hydrogens is 290 g/mol. The van der Waals surface area contributed by atoms with Crippen LogP contribution in [-0.4, -0.2) is 12.6 Å². The number of nitrogens with two attached hydrogens (primary N) is 1. The highest BCUT2D eigenvalue weighted by Gasteiger charge is 2.35. The summed E-state index contributed by atoms with van der Waals surface area (Å²) in [7, 11) is 1.72. The number of halogens is 1. The fraction of sp³-hybridized carbons (Fsp3) is 0.600. The molecule has 2 unspecified atom stereocenters. The Balaban J connectivity index is 2.16. The first-order valence-electron chi connectivity index (χ1n) is 6.67. The summed E-state index contributed by atoms with van der Waals surface area (Å²) in [5, 5.41) is 0. The maximum Gasteiger partial charge on any atom is 0.122 e. The van der Waals surface area contributed by atoms with Crippen LogP contribution in [0.3, 0.4) is 0 Å². The molecule has 0 aliphatic heterocycles. The Morgan fingerprint density at radius 2 is 2.28 bits per heavy atom. The van der Waals surface area contributed by atoms with E-state index in [-0.39, 0.29) is 5.54 Å². The second-order valence-corrected chi connectivity index (χ2v) is 6.43. The van der Waals surface area contributed by atoms with E-state index < -0.39 is 0 Å². The zero-order valence-electron chi connectivity index (χ0n) is 11.2. The van der Waals surface area contributed by atoms with Crippen molar-refractivity contribution in [2.24, 2.45) is 11.7 Å². The SMILES string of the molecule is CCC1CCC(N)(Cc2cc(Br)ccc2OC)C1. The van der Waals surface area contributed by atoms with Crippen molar-refractivity contribution in [3.63, 3.8) is 0 Å². The molecule has 0 amide bonds. The van der Waals surface area contributed by atoms with Crippen LogP contribution in [0.25, 0.3) is 0 Å². The van der Waals surface area contributed by atoms with E-state index in [0.717, 1.165) is 35.4 Å². The van der Waals surface area contributed by atoms with Crippen LogP contribution in [0.5, 0.6) is 5.75 Å². The van der Waals surface area contributed by atoms with Gasteiger partial charge in [-0.1, -0.05) is 29.3 Å². The van der Waals surface area contributed by atoms with Crippen molar-refractivity contribution in [1.82, 2.24) is 0 Å². The normalized spacial score (nSPS) is 27.4. The van der Waals surface area contributed by atoms with E-state index in [1.165, 1.54) is 18.4 Å². The fourth-order valence-electron chi connectivity index (χ4n) is 3.04. The van der Waals surface area contributed by atoms with Crippen molar-refractivity contribution < 1.29 is 4.74 Å². The first-order chi connectivity index (χ1) is 8.56. The Hall–Kier alpha value is -0.540. The van der Waals surface area contributed by atoms with Gasteiger partial charge in [-0.15, -0.1) is 0 Å². The summed E-state index contributed by atoms with van der Waals surface area (Å²) >= 11 is 3.52. The molecule has 1 aliphatic carbocycles. The standard InChI is InChI=1S/C15H22BrNO/c1-3-11-6-7-15(17,9-11)10-12-8-13(16)4-5-14(12)18-2/h4-5,8,11H,3,6-7,9-10,17H2,1-2H3. The first kappa shape index (κ1) is 13.9. The lowest BCUT2D eigenvalue weighted by atomic mass is 9.88. The summed E-state index contributed by atoms with van der Waals surface area (Å²) in [4.78, 5) is 0. The molecule has 0 bridgehead atoms. The topological polar surface area (TPSA) is 35.2 Å². The molecule has 2 rings (SSSR count). The van der Waals surface area contributed by atoms with Crippen molar-refractivity contribution >= 4 is 15.9 Å². The second kappa shape index (κ2) is 5.62. The molecule has 0 spiro atoms. The van der Waals surface area contributed by atoms with Crippen molar-refractivity contribution in [1.29, 1.82) is 0 Å². The Morgan fingerprint density at radius 1 is 1.50 bits per heavy atom. The quantitative estimate of drug-likeness (QED) is 0.915. The number of methoxy groups -OCH3 is 1. The van der Waals surface area contributed by atoms with E-state index in [1.54, 1.807) is 7.11 Å². The number of ether oxygens (including phenoxy) is 1. The largest absolute Gasteiger partial charge is 0.496 e. The summed E-state index contributed by atoms with van der Waals surface area (Å²) in [5.74, 6) is 1.75. The molecule has 0 aromatic heterocycles. The molecule has 100 valence electrons. The van der Waals surface area contributed by atoms with Crippen molar-refractivity contribution in [2.45, 2.75) is 44.6 Å². The fourth-order valence-corrected chi connectivity index (χ4v) is 3.45. The summed E-state index contributed by atoms with van der Waals surface area (Å²) < 4.78 is 6.52. The highest BCUT2D eigenvalue weighted by atomic mass is 79.9. The van der Waals surface area contributed by atoms with E-state index in [2.05, 4.69) is 28.9 Å². The summed E-state index contributed by atoms with van der Waals surface area (Å²) in [5.41, 5.74) is 7.73. The van der Waals surface area contributed by atoms with Gasteiger partial charge in [-0.05, 0) is 55.4 Å². The molecule has 1 aliphatic rings. The molecular formula is C15H22BrNO. The maximum atomic E-state index is 6.56. The Morgan fingerprint density at radius 3 is 2.89 bits per heavy atom. The number of hydrogen-bond acceptors (Lipinski definition) is 2. The number of benzene rings is 1. The van der Waals surface area contributed by atoms with Crippen molar-refractivity contribution in [3.8, 4) is 5.75 Å². The Kier molecular flexibility index (Phi) is 4.33. The molecule has 2 N–H and O–H groups in total. The van der Waals surface area contributed by atoms with Gasteiger partial charge < -0.3 is 10.5 Å². The van der Waals surface area contributed by atoms with Gasteiger partial charge >= 0.3 is 0 Å². The highest BCUT2D eigenvalue weighted by molar-refractivity contribution is 9.10. The molecule has 1 saturated carbocycles. The minimum absolute atomic E-state index is 0.0469. The van der Waals surface area contributed by atoms with Gasteiger partial charge in [0.1, 0.15) is 5.75 Å². The van der Waals surface area contributed by atoms with Gasteiger partial charge in [0.05, 0.1) is 7.11 Å². The molecule has 2 nitrogen and oxygen atoms in total. The van der Waals surface area contributed by atoms with Crippen LogP contribution >= 0.6 is 15.9 Å². The zero-order chi connectivity index (χ0) is 13.2. The van der Waals surface area contributed by atoms with E-state index in [4.69, 9.17) is 10.5 Å². The van der Waals surface area contributed by atoms with Crippen LogP contribution in [-0.2, 0) is 6.42 Å². The third-order valence-electron chi connectivity index (χ3n) is 4.11. The minimum Gasteiger partial charge on any atom is -0.496 e. The third kappa shape index (κ3) is 3.07. The van der Waals surface area contributed by atoms with Gasteiger partial charge in [0.25, 0.3) is 0 Å².